The molecule has 0 saturated carbocycles. The van der Waals surface area contributed by atoms with Crippen LogP contribution in [0.15, 0.2) is 41.4 Å². The lowest BCUT2D eigenvalue weighted by Crippen LogP contribution is -2.51. The topological polar surface area (TPSA) is 70.7 Å². The Morgan fingerprint density at radius 1 is 1.35 bits per heavy atom. The molecule has 1 unspecified atom stereocenters. The van der Waals surface area contributed by atoms with E-state index in [1.54, 1.807) is 6.07 Å². The smallest absolute Gasteiger partial charge is 0.254 e. The first-order valence-electron chi connectivity index (χ1n) is 8.81. The van der Waals surface area contributed by atoms with Gasteiger partial charge in [0.05, 0.1) is 11.6 Å². The summed E-state index contributed by atoms with van der Waals surface area (Å²) >= 11 is 0. The van der Waals surface area contributed by atoms with Crippen molar-refractivity contribution in [3.05, 3.63) is 64.5 Å². The fraction of sp³-hybridized carbons (Fsp3) is 0.300. The van der Waals surface area contributed by atoms with E-state index in [-0.39, 0.29) is 23.6 Å². The molecule has 1 amide bonds. The molecular formula is C20H19FN4O. The fourth-order valence-electron chi connectivity index (χ4n) is 4.48. The number of aliphatic imine (C=N–C) groups is 1. The summed E-state index contributed by atoms with van der Waals surface area (Å²) in [6.07, 6.45) is 1.25. The average molecular weight is 350 g/mol. The van der Waals surface area contributed by atoms with Gasteiger partial charge in [0.1, 0.15) is 17.3 Å². The maximum absolute atomic E-state index is 14.1. The number of halogens is 1. The minimum atomic E-state index is -0.612. The highest BCUT2D eigenvalue weighted by Crippen LogP contribution is 2.46. The molecule has 0 aliphatic carbocycles. The van der Waals surface area contributed by atoms with Gasteiger partial charge in [-0.3, -0.25) is 4.79 Å². The molecule has 1 spiro atoms. The van der Waals surface area contributed by atoms with Gasteiger partial charge >= 0.3 is 0 Å². The number of nitrogens with zero attached hydrogens (tertiary/aromatic N) is 2. The molecule has 0 radical (unpaired) electrons. The van der Waals surface area contributed by atoms with Crippen LogP contribution in [0.1, 0.15) is 45.9 Å². The summed E-state index contributed by atoms with van der Waals surface area (Å²) in [6.45, 7) is 2.58. The van der Waals surface area contributed by atoms with Crippen molar-refractivity contribution < 1.29 is 9.18 Å². The van der Waals surface area contributed by atoms with Crippen LogP contribution in [0.5, 0.6) is 0 Å². The number of carbonyl (C=O) groups is 1. The van der Waals surface area contributed by atoms with Gasteiger partial charge in [-0.15, -0.1) is 0 Å². The molecule has 0 bridgehead atoms. The standard InChI is InChI=1S/C20H19FN4O/c1-11-5-6-12-13(9-11)19(26)25-8-7-20(10-16(12)25)23-15-4-2-3-14(21)17(15)18(22)24-20/h2-6,9,16,23H,7-8,10H2,1H3,(H2,22,24)/t16-,20?/m0/s1. The molecule has 2 aromatic rings. The minimum absolute atomic E-state index is 0.0361. The van der Waals surface area contributed by atoms with Gasteiger partial charge in [-0.2, -0.15) is 0 Å². The molecule has 2 atom stereocenters. The predicted molar refractivity (Wildman–Crippen MR) is 97.7 cm³/mol. The van der Waals surface area contributed by atoms with E-state index in [4.69, 9.17) is 5.73 Å². The number of hydrogen-bond donors (Lipinski definition) is 2. The quantitative estimate of drug-likeness (QED) is 0.767. The van der Waals surface area contributed by atoms with Crippen molar-refractivity contribution in [1.29, 1.82) is 0 Å². The van der Waals surface area contributed by atoms with Crippen LogP contribution in [-0.4, -0.2) is 28.9 Å². The Hall–Kier alpha value is -2.89. The molecule has 3 N–H and O–H groups in total. The number of amidine groups is 1. The van der Waals surface area contributed by atoms with Gasteiger partial charge in [0.25, 0.3) is 5.91 Å². The van der Waals surface area contributed by atoms with E-state index in [1.807, 2.05) is 36.1 Å². The van der Waals surface area contributed by atoms with E-state index < -0.39 is 5.66 Å². The van der Waals surface area contributed by atoms with Crippen molar-refractivity contribution in [2.24, 2.45) is 10.7 Å². The van der Waals surface area contributed by atoms with Crippen LogP contribution >= 0.6 is 0 Å². The number of amides is 1. The molecule has 2 aromatic carbocycles. The Morgan fingerprint density at radius 3 is 3.04 bits per heavy atom. The van der Waals surface area contributed by atoms with Crippen molar-refractivity contribution in [2.75, 3.05) is 11.9 Å². The molecule has 3 aliphatic rings. The molecule has 6 heteroatoms. The van der Waals surface area contributed by atoms with E-state index >= 15 is 0 Å². The normalized spacial score (nSPS) is 26.1. The Balaban J connectivity index is 1.56. The number of hydrogen-bond acceptors (Lipinski definition) is 4. The van der Waals surface area contributed by atoms with E-state index in [0.717, 1.165) is 16.7 Å². The minimum Gasteiger partial charge on any atom is -0.383 e. The molecular weight excluding hydrogens is 331 g/mol. The van der Waals surface area contributed by atoms with Gasteiger partial charge in [0.2, 0.25) is 0 Å². The molecule has 26 heavy (non-hydrogen) atoms. The predicted octanol–water partition coefficient (Wildman–Crippen LogP) is 2.95. The Kier molecular flexibility index (Phi) is 2.99. The number of carbonyl (C=O) groups excluding carboxylic acids is 1. The van der Waals surface area contributed by atoms with Crippen LogP contribution in [0.2, 0.25) is 0 Å². The summed E-state index contributed by atoms with van der Waals surface area (Å²) in [7, 11) is 0. The molecule has 5 rings (SSSR count). The van der Waals surface area contributed by atoms with Gasteiger partial charge < -0.3 is 16.0 Å². The largest absolute Gasteiger partial charge is 0.383 e. The third-order valence-electron chi connectivity index (χ3n) is 5.70. The second kappa shape index (κ2) is 5.06. The Labute approximate surface area is 150 Å². The summed E-state index contributed by atoms with van der Waals surface area (Å²) in [5, 5.41) is 3.41. The number of nitrogens with two attached hydrogens (primary N) is 1. The second-order valence-corrected chi connectivity index (χ2v) is 7.38. The lowest BCUT2D eigenvalue weighted by molar-refractivity contribution is 0.0606. The maximum Gasteiger partial charge on any atom is 0.254 e. The summed E-state index contributed by atoms with van der Waals surface area (Å²) in [5.41, 5.74) is 9.41. The van der Waals surface area contributed by atoms with Crippen LogP contribution in [0.4, 0.5) is 10.1 Å². The molecule has 3 aliphatic heterocycles. The highest BCUT2D eigenvalue weighted by molar-refractivity contribution is 6.04. The zero-order valence-electron chi connectivity index (χ0n) is 14.4. The van der Waals surface area contributed by atoms with Gasteiger partial charge in [-0.25, -0.2) is 9.38 Å². The van der Waals surface area contributed by atoms with Crippen LogP contribution < -0.4 is 11.1 Å². The Morgan fingerprint density at radius 2 is 2.19 bits per heavy atom. The van der Waals surface area contributed by atoms with Crippen molar-refractivity contribution in [3.63, 3.8) is 0 Å². The number of aryl methyl sites for hydroxylation is 1. The van der Waals surface area contributed by atoms with Crippen LogP contribution in [0.3, 0.4) is 0 Å². The second-order valence-electron chi connectivity index (χ2n) is 7.38. The molecule has 1 fully saturated rings. The van der Waals surface area contributed by atoms with Crippen molar-refractivity contribution in [3.8, 4) is 0 Å². The summed E-state index contributed by atoms with van der Waals surface area (Å²) in [5.74, 6) is -0.0677. The van der Waals surface area contributed by atoms with Gasteiger partial charge in [0, 0.05) is 30.6 Å². The summed E-state index contributed by atoms with van der Waals surface area (Å²) < 4.78 is 14.1. The molecule has 3 heterocycles. The van der Waals surface area contributed by atoms with Gasteiger partial charge in [-0.05, 0) is 30.7 Å². The first-order valence-corrected chi connectivity index (χ1v) is 8.81. The Bertz CT molecular complexity index is 986. The highest BCUT2D eigenvalue weighted by atomic mass is 19.1. The third kappa shape index (κ3) is 2.01. The van der Waals surface area contributed by atoms with E-state index in [1.165, 1.54) is 6.07 Å². The average Bonchev–Trinajstić information content (AvgIpc) is 2.86. The first-order chi connectivity index (χ1) is 12.5. The zero-order chi connectivity index (χ0) is 18.1. The van der Waals surface area contributed by atoms with Crippen LogP contribution in [0.25, 0.3) is 0 Å². The van der Waals surface area contributed by atoms with Crippen LogP contribution in [0, 0.1) is 12.7 Å². The third-order valence-corrected chi connectivity index (χ3v) is 5.70. The first kappa shape index (κ1) is 15.4. The highest BCUT2D eigenvalue weighted by Gasteiger charge is 2.48. The van der Waals surface area contributed by atoms with Gasteiger partial charge in [-0.1, -0.05) is 23.8 Å². The molecule has 132 valence electrons. The fourth-order valence-corrected chi connectivity index (χ4v) is 4.48. The van der Waals surface area contributed by atoms with Crippen LogP contribution in [-0.2, 0) is 0 Å². The monoisotopic (exact) mass is 350 g/mol. The van der Waals surface area contributed by atoms with E-state index in [9.17, 15) is 9.18 Å². The number of fused-ring (bicyclic) bond motifs is 4. The number of rotatable bonds is 0. The zero-order valence-corrected chi connectivity index (χ0v) is 14.4. The number of nitrogens with one attached hydrogen (secondary N) is 1. The lowest BCUT2D eigenvalue weighted by Gasteiger charge is -2.44. The summed E-state index contributed by atoms with van der Waals surface area (Å²) in [6, 6.07) is 10.9. The van der Waals surface area contributed by atoms with Crippen molar-refractivity contribution in [1.82, 2.24) is 4.90 Å². The number of anilines is 1. The van der Waals surface area contributed by atoms with Crippen molar-refractivity contribution >= 4 is 17.4 Å². The number of piperidine rings is 1. The SMILES string of the molecule is Cc1ccc2c(c1)C(=O)N1CCC3(C[C@@H]21)N=C(N)c1c(F)cccc1N3. The maximum atomic E-state index is 14.1. The molecule has 0 aromatic heterocycles. The van der Waals surface area contributed by atoms with E-state index in [2.05, 4.69) is 10.3 Å². The van der Waals surface area contributed by atoms with Crippen molar-refractivity contribution in [2.45, 2.75) is 31.5 Å². The lowest BCUT2D eigenvalue weighted by atomic mass is 9.87. The van der Waals surface area contributed by atoms with Gasteiger partial charge in [0.15, 0.2) is 0 Å². The molecule has 1 saturated heterocycles. The number of benzene rings is 2. The summed E-state index contributed by atoms with van der Waals surface area (Å²) in [4.78, 5) is 19.3. The molecule has 5 nitrogen and oxygen atoms in total. The van der Waals surface area contributed by atoms with E-state index in [0.29, 0.717) is 30.6 Å².